The van der Waals surface area contributed by atoms with Crippen molar-refractivity contribution in [3.05, 3.63) is 11.8 Å². The minimum atomic E-state index is -1.01. The van der Waals surface area contributed by atoms with Crippen LogP contribution in [0.5, 0.6) is 0 Å². The zero-order valence-corrected chi connectivity index (χ0v) is 6.70. The summed E-state index contributed by atoms with van der Waals surface area (Å²) in [7, 11) is 1.37. The Kier molecular flexibility index (Phi) is 2.32. The van der Waals surface area contributed by atoms with Gasteiger partial charge in [0.2, 0.25) is 0 Å². The summed E-state index contributed by atoms with van der Waals surface area (Å²) in [6.07, 6.45) is 0.119. The highest BCUT2D eigenvalue weighted by Crippen LogP contribution is 2.16. The Labute approximate surface area is 68.9 Å². The molecule has 12 heavy (non-hydrogen) atoms. The van der Waals surface area contributed by atoms with Gasteiger partial charge in [0.15, 0.2) is 5.76 Å². The quantitative estimate of drug-likeness (QED) is 0.547. The van der Waals surface area contributed by atoms with Crippen molar-refractivity contribution in [3.8, 4) is 0 Å². The van der Waals surface area contributed by atoms with E-state index in [0.29, 0.717) is 0 Å². The van der Waals surface area contributed by atoms with Gasteiger partial charge in [0.1, 0.15) is 0 Å². The van der Waals surface area contributed by atoms with E-state index >= 15 is 0 Å². The Bertz CT molecular complexity index is 242. The van der Waals surface area contributed by atoms with Crippen molar-refractivity contribution >= 4 is 11.9 Å². The standard InChI is InChI=1S/C7H8O5/c1-4(8)11-7-5(10-2)3-6(9)12-7/h3,7H,1-2H3. The van der Waals surface area contributed by atoms with Crippen LogP contribution in [0.15, 0.2) is 11.8 Å². The predicted octanol–water partition coefficient (Wildman–Crippen LogP) is -0.0373. The fourth-order valence-electron chi connectivity index (χ4n) is 0.770. The molecule has 0 saturated carbocycles. The second-order valence-electron chi connectivity index (χ2n) is 2.13. The van der Waals surface area contributed by atoms with Gasteiger partial charge >= 0.3 is 18.2 Å². The molecule has 1 heterocycles. The molecule has 66 valence electrons. The molecule has 0 amide bonds. The molecular formula is C7H8O5. The van der Waals surface area contributed by atoms with Crippen molar-refractivity contribution in [2.45, 2.75) is 13.2 Å². The second-order valence-corrected chi connectivity index (χ2v) is 2.13. The Hall–Kier alpha value is -1.52. The van der Waals surface area contributed by atoms with E-state index in [1.165, 1.54) is 14.0 Å². The van der Waals surface area contributed by atoms with Crippen LogP contribution < -0.4 is 0 Å². The van der Waals surface area contributed by atoms with Gasteiger partial charge in [-0.3, -0.25) is 4.79 Å². The molecule has 0 spiro atoms. The molecule has 0 bridgehead atoms. The normalized spacial score (nSPS) is 21.3. The fourth-order valence-corrected chi connectivity index (χ4v) is 0.770. The Morgan fingerprint density at radius 1 is 1.67 bits per heavy atom. The first-order valence-corrected chi connectivity index (χ1v) is 3.27. The van der Waals surface area contributed by atoms with E-state index < -0.39 is 18.2 Å². The summed E-state index contributed by atoms with van der Waals surface area (Å²) in [5.41, 5.74) is 0. The van der Waals surface area contributed by atoms with E-state index in [1.807, 2.05) is 0 Å². The van der Waals surface area contributed by atoms with Crippen molar-refractivity contribution in [2.24, 2.45) is 0 Å². The van der Waals surface area contributed by atoms with E-state index in [1.54, 1.807) is 0 Å². The van der Waals surface area contributed by atoms with E-state index in [0.717, 1.165) is 6.08 Å². The number of hydrogen-bond donors (Lipinski definition) is 0. The molecule has 0 fully saturated rings. The maximum atomic E-state index is 10.6. The topological polar surface area (TPSA) is 61.8 Å². The summed E-state index contributed by atoms with van der Waals surface area (Å²) in [6.45, 7) is 1.22. The lowest BCUT2D eigenvalue weighted by Crippen LogP contribution is -2.19. The third kappa shape index (κ3) is 1.75. The third-order valence-electron chi connectivity index (χ3n) is 1.22. The lowest BCUT2D eigenvalue weighted by atomic mass is 10.5. The smallest absolute Gasteiger partial charge is 0.337 e. The summed E-state index contributed by atoms with van der Waals surface area (Å²) in [5.74, 6) is -0.897. The van der Waals surface area contributed by atoms with E-state index in [-0.39, 0.29) is 5.76 Å². The number of cyclic esters (lactones) is 1. The van der Waals surface area contributed by atoms with Gasteiger partial charge in [-0.05, 0) is 0 Å². The van der Waals surface area contributed by atoms with E-state index in [2.05, 4.69) is 9.47 Å². The molecule has 5 nitrogen and oxygen atoms in total. The van der Waals surface area contributed by atoms with Gasteiger partial charge in [-0.15, -0.1) is 0 Å². The molecule has 0 aromatic rings. The number of carbonyl (C=O) groups excluding carboxylic acids is 2. The average molecular weight is 172 g/mol. The molecule has 1 atom stereocenters. The highest BCUT2D eigenvalue weighted by Gasteiger charge is 2.29. The second kappa shape index (κ2) is 3.25. The number of esters is 2. The van der Waals surface area contributed by atoms with Crippen LogP contribution in [0.3, 0.4) is 0 Å². The molecule has 0 saturated heterocycles. The summed E-state index contributed by atoms with van der Waals surface area (Å²) in [5, 5.41) is 0. The van der Waals surface area contributed by atoms with Gasteiger partial charge in [0.25, 0.3) is 0 Å². The molecule has 0 radical (unpaired) electrons. The van der Waals surface area contributed by atoms with Crippen molar-refractivity contribution in [3.63, 3.8) is 0 Å². The highest BCUT2D eigenvalue weighted by atomic mass is 16.7. The minimum Gasteiger partial charge on any atom is -0.493 e. The highest BCUT2D eigenvalue weighted by molar-refractivity contribution is 5.85. The van der Waals surface area contributed by atoms with Crippen molar-refractivity contribution in [1.82, 2.24) is 0 Å². The van der Waals surface area contributed by atoms with Crippen LogP contribution in [0.2, 0.25) is 0 Å². The molecule has 1 aliphatic heterocycles. The van der Waals surface area contributed by atoms with Crippen LogP contribution in [0.4, 0.5) is 0 Å². The Morgan fingerprint density at radius 3 is 2.83 bits per heavy atom. The molecule has 5 heteroatoms. The maximum Gasteiger partial charge on any atom is 0.337 e. The van der Waals surface area contributed by atoms with Crippen molar-refractivity contribution < 1.29 is 23.8 Å². The number of hydrogen-bond acceptors (Lipinski definition) is 5. The SMILES string of the molecule is COC1=CC(=O)OC1OC(C)=O. The first kappa shape index (κ1) is 8.58. The van der Waals surface area contributed by atoms with E-state index in [9.17, 15) is 9.59 Å². The summed E-state index contributed by atoms with van der Waals surface area (Å²) in [4.78, 5) is 21.1. The Balaban J connectivity index is 2.62. The molecule has 0 aromatic heterocycles. The number of methoxy groups -OCH3 is 1. The molecule has 1 unspecified atom stereocenters. The minimum absolute atomic E-state index is 0.204. The van der Waals surface area contributed by atoms with Gasteiger partial charge < -0.3 is 14.2 Å². The van der Waals surface area contributed by atoms with Crippen LogP contribution in [0, 0.1) is 0 Å². The summed E-state index contributed by atoms with van der Waals surface area (Å²) in [6, 6.07) is 0. The third-order valence-corrected chi connectivity index (χ3v) is 1.22. The number of carbonyl (C=O) groups is 2. The molecule has 1 rings (SSSR count). The summed E-state index contributed by atoms with van der Waals surface area (Å²) < 4.78 is 13.9. The first-order chi connectivity index (χ1) is 5.63. The van der Waals surface area contributed by atoms with Crippen molar-refractivity contribution in [2.75, 3.05) is 7.11 Å². The van der Waals surface area contributed by atoms with Crippen LogP contribution in [-0.4, -0.2) is 25.3 Å². The fraction of sp³-hybridized carbons (Fsp3) is 0.429. The first-order valence-electron chi connectivity index (χ1n) is 3.27. The molecule has 1 aliphatic rings. The zero-order chi connectivity index (χ0) is 9.14. The molecule has 0 N–H and O–H groups in total. The van der Waals surface area contributed by atoms with Gasteiger partial charge in [0, 0.05) is 6.92 Å². The lowest BCUT2D eigenvalue weighted by Gasteiger charge is -2.11. The van der Waals surface area contributed by atoms with E-state index in [4.69, 9.17) is 4.74 Å². The van der Waals surface area contributed by atoms with Gasteiger partial charge in [-0.2, -0.15) is 0 Å². The van der Waals surface area contributed by atoms with Crippen LogP contribution in [-0.2, 0) is 23.8 Å². The van der Waals surface area contributed by atoms with Gasteiger partial charge in [-0.1, -0.05) is 0 Å². The number of ether oxygens (including phenoxy) is 3. The lowest BCUT2D eigenvalue weighted by molar-refractivity contribution is -0.176. The van der Waals surface area contributed by atoms with Crippen molar-refractivity contribution in [1.29, 1.82) is 0 Å². The molecule has 0 aliphatic carbocycles. The summed E-state index contributed by atoms with van der Waals surface area (Å²) >= 11 is 0. The van der Waals surface area contributed by atoms with Gasteiger partial charge in [0.05, 0.1) is 13.2 Å². The Morgan fingerprint density at radius 2 is 2.33 bits per heavy atom. The average Bonchev–Trinajstić information content (AvgIpc) is 2.29. The van der Waals surface area contributed by atoms with Crippen LogP contribution >= 0.6 is 0 Å². The number of rotatable bonds is 2. The van der Waals surface area contributed by atoms with Crippen LogP contribution in [0.25, 0.3) is 0 Å². The maximum absolute atomic E-state index is 10.6. The monoisotopic (exact) mass is 172 g/mol. The largest absolute Gasteiger partial charge is 0.493 e. The van der Waals surface area contributed by atoms with Crippen LogP contribution in [0.1, 0.15) is 6.92 Å². The zero-order valence-electron chi connectivity index (χ0n) is 6.70. The predicted molar refractivity (Wildman–Crippen MR) is 36.7 cm³/mol. The molecular weight excluding hydrogens is 164 g/mol. The molecule has 0 aromatic carbocycles. The van der Waals surface area contributed by atoms with Gasteiger partial charge in [-0.25, -0.2) is 4.79 Å².